The molecule has 9 nitrogen and oxygen atoms in total. The second kappa shape index (κ2) is 10.5. The molecule has 1 amide bonds. The molecule has 0 aliphatic rings. The number of hydrogen-bond acceptors (Lipinski definition) is 7. The summed E-state index contributed by atoms with van der Waals surface area (Å²) in [6.07, 6.45) is 0. The number of benzene rings is 3. The van der Waals surface area contributed by atoms with E-state index in [4.69, 9.17) is 14.2 Å². The maximum atomic E-state index is 13.4. The number of anilines is 2. The summed E-state index contributed by atoms with van der Waals surface area (Å²) in [5, 5.41) is 2.67. The van der Waals surface area contributed by atoms with Crippen molar-refractivity contribution in [2.24, 2.45) is 0 Å². The number of carbonyl (C=O) groups excluding carboxylic acids is 2. The number of para-hydroxylation sites is 2. The van der Waals surface area contributed by atoms with Gasteiger partial charge >= 0.3 is 5.97 Å². The van der Waals surface area contributed by atoms with Crippen molar-refractivity contribution in [3.8, 4) is 11.5 Å². The molecule has 0 radical (unpaired) electrons. The Hall–Kier alpha value is -4.05. The summed E-state index contributed by atoms with van der Waals surface area (Å²) in [6, 6.07) is 15.5. The van der Waals surface area contributed by atoms with Crippen LogP contribution in [0.15, 0.2) is 65.6 Å². The number of sulfonamides is 1. The summed E-state index contributed by atoms with van der Waals surface area (Å²) in [5.74, 6) is -0.453. The quantitative estimate of drug-likeness (QED) is 0.469. The van der Waals surface area contributed by atoms with E-state index in [0.717, 1.165) is 4.31 Å². The van der Waals surface area contributed by atoms with E-state index in [1.54, 1.807) is 43.3 Å². The van der Waals surface area contributed by atoms with Crippen LogP contribution < -0.4 is 19.1 Å². The predicted octanol–water partition coefficient (Wildman–Crippen LogP) is 3.88. The van der Waals surface area contributed by atoms with Crippen molar-refractivity contribution in [1.29, 1.82) is 0 Å². The Morgan fingerprint density at radius 2 is 1.60 bits per heavy atom. The minimum absolute atomic E-state index is 0.0791. The van der Waals surface area contributed by atoms with Crippen LogP contribution in [0.1, 0.15) is 26.3 Å². The van der Waals surface area contributed by atoms with Gasteiger partial charge in [0.2, 0.25) is 0 Å². The summed E-state index contributed by atoms with van der Waals surface area (Å²) < 4.78 is 43.0. The highest BCUT2D eigenvalue weighted by Crippen LogP contribution is 2.31. The normalized spacial score (nSPS) is 10.9. The Bertz CT molecular complexity index is 1370. The van der Waals surface area contributed by atoms with Crippen LogP contribution in [0.2, 0.25) is 0 Å². The van der Waals surface area contributed by atoms with E-state index in [9.17, 15) is 18.0 Å². The Morgan fingerprint density at radius 3 is 2.26 bits per heavy atom. The number of aryl methyl sites for hydroxylation is 1. The van der Waals surface area contributed by atoms with Crippen LogP contribution in [0.4, 0.5) is 11.4 Å². The van der Waals surface area contributed by atoms with Gasteiger partial charge in [-0.25, -0.2) is 13.2 Å². The van der Waals surface area contributed by atoms with Crippen molar-refractivity contribution < 1.29 is 32.2 Å². The van der Waals surface area contributed by atoms with Crippen molar-refractivity contribution >= 4 is 33.3 Å². The van der Waals surface area contributed by atoms with Crippen molar-refractivity contribution in [2.75, 3.05) is 38.0 Å². The van der Waals surface area contributed by atoms with Gasteiger partial charge in [-0.15, -0.1) is 0 Å². The van der Waals surface area contributed by atoms with Crippen LogP contribution in [0.5, 0.6) is 11.5 Å². The first-order valence-corrected chi connectivity index (χ1v) is 11.9. The van der Waals surface area contributed by atoms with E-state index in [1.165, 1.54) is 52.6 Å². The topological polar surface area (TPSA) is 111 Å². The number of carbonyl (C=O) groups is 2. The lowest BCUT2D eigenvalue weighted by molar-refractivity contribution is 0.0601. The van der Waals surface area contributed by atoms with Crippen molar-refractivity contribution in [2.45, 2.75) is 11.8 Å². The number of rotatable bonds is 8. The van der Waals surface area contributed by atoms with Gasteiger partial charge in [-0.2, -0.15) is 0 Å². The molecule has 0 bridgehead atoms. The third kappa shape index (κ3) is 5.22. The highest BCUT2D eigenvalue weighted by molar-refractivity contribution is 7.92. The number of amides is 1. The maximum absolute atomic E-state index is 13.4. The van der Waals surface area contributed by atoms with Gasteiger partial charge in [0, 0.05) is 12.6 Å². The summed E-state index contributed by atoms with van der Waals surface area (Å²) in [7, 11) is 1.52. The SMILES string of the molecule is COC(=O)c1cc(OC)ccc1NC(=O)c1cc(S(=O)(=O)N(C)c2ccccc2OC)ccc1C. The molecular weight excluding hydrogens is 472 g/mol. The fraction of sp³-hybridized carbons (Fsp3) is 0.200. The lowest BCUT2D eigenvalue weighted by Crippen LogP contribution is -2.27. The Labute approximate surface area is 204 Å². The largest absolute Gasteiger partial charge is 0.497 e. The minimum atomic E-state index is -4.02. The average Bonchev–Trinajstić information content (AvgIpc) is 2.87. The van der Waals surface area contributed by atoms with Gasteiger partial charge in [0.05, 0.1) is 43.2 Å². The Morgan fingerprint density at radius 1 is 0.886 bits per heavy atom. The van der Waals surface area contributed by atoms with Crippen LogP contribution in [0, 0.1) is 6.92 Å². The number of nitrogens with one attached hydrogen (secondary N) is 1. The molecule has 3 rings (SSSR count). The van der Waals surface area contributed by atoms with Gasteiger partial charge in [-0.1, -0.05) is 18.2 Å². The molecule has 0 saturated carbocycles. The van der Waals surface area contributed by atoms with E-state index < -0.39 is 21.9 Å². The van der Waals surface area contributed by atoms with Crippen LogP contribution >= 0.6 is 0 Å². The van der Waals surface area contributed by atoms with Crippen molar-refractivity contribution in [3.05, 3.63) is 77.4 Å². The van der Waals surface area contributed by atoms with Crippen LogP contribution in [0.25, 0.3) is 0 Å². The number of methoxy groups -OCH3 is 3. The number of esters is 1. The fourth-order valence-corrected chi connectivity index (χ4v) is 4.64. The molecule has 0 saturated heterocycles. The Kier molecular flexibility index (Phi) is 7.65. The first-order valence-electron chi connectivity index (χ1n) is 10.4. The third-order valence-electron chi connectivity index (χ3n) is 5.42. The molecule has 0 heterocycles. The second-order valence-electron chi connectivity index (χ2n) is 7.48. The zero-order valence-electron chi connectivity index (χ0n) is 20.0. The third-order valence-corrected chi connectivity index (χ3v) is 7.18. The number of hydrogen-bond donors (Lipinski definition) is 1. The first-order chi connectivity index (χ1) is 16.6. The maximum Gasteiger partial charge on any atom is 0.340 e. The van der Waals surface area contributed by atoms with Crippen LogP contribution in [-0.4, -0.2) is 48.7 Å². The summed E-state index contributed by atoms with van der Waals surface area (Å²) in [5.41, 5.74) is 1.32. The van der Waals surface area contributed by atoms with Crippen LogP contribution in [0.3, 0.4) is 0 Å². The lowest BCUT2D eigenvalue weighted by Gasteiger charge is -2.22. The highest BCUT2D eigenvalue weighted by Gasteiger charge is 2.26. The molecule has 3 aromatic carbocycles. The van der Waals surface area contributed by atoms with Crippen LogP contribution in [-0.2, 0) is 14.8 Å². The van der Waals surface area contributed by atoms with Gasteiger partial charge in [0.1, 0.15) is 11.5 Å². The smallest absolute Gasteiger partial charge is 0.340 e. The van der Waals surface area contributed by atoms with E-state index in [2.05, 4.69) is 5.32 Å². The van der Waals surface area contributed by atoms with E-state index in [1.807, 2.05) is 0 Å². The molecule has 35 heavy (non-hydrogen) atoms. The van der Waals surface area contributed by atoms with Gasteiger partial charge in [-0.3, -0.25) is 9.10 Å². The molecule has 10 heteroatoms. The van der Waals surface area contributed by atoms with E-state index in [0.29, 0.717) is 22.7 Å². The minimum Gasteiger partial charge on any atom is -0.497 e. The van der Waals surface area contributed by atoms with Crippen molar-refractivity contribution in [3.63, 3.8) is 0 Å². The standard InChI is InChI=1S/C25H26N2O7S/c1-16-10-12-18(35(30,31)27(2)22-8-6-7-9-23(22)33-4)15-19(16)24(28)26-21-13-11-17(32-3)14-20(21)25(29)34-5/h6-15H,1-5H3,(H,26,28). The summed E-state index contributed by atoms with van der Waals surface area (Å²) in [6.45, 7) is 1.69. The van der Waals surface area contributed by atoms with Crippen molar-refractivity contribution in [1.82, 2.24) is 0 Å². The molecule has 1 N–H and O–H groups in total. The summed E-state index contributed by atoms with van der Waals surface area (Å²) in [4.78, 5) is 25.3. The van der Waals surface area contributed by atoms with Gasteiger partial charge in [0.25, 0.3) is 15.9 Å². The zero-order valence-corrected chi connectivity index (χ0v) is 20.8. The molecule has 0 aliphatic carbocycles. The molecule has 0 fully saturated rings. The fourth-order valence-electron chi connectivity index (χ4n) is 3.41. The molecule has 0 unspecified atom stereocenters. The first kappa shape index (κ1) is 25.6. The molecule has 3 aromatic rings. The zero-order chi connectivity index (χ0) is 25.8. The highest BCUT2D eigenvalue weighted by atomic mass is 32.2. The average molecular weight is 499 g/mol. The number of nitrogens with zero attached hydrogens (tertiary/aromatic N) is 1. The molecule has 0 atom stereocenters. The molecule has 184 valence electrons. The Balaban J connectivity index is 1.98. The van der Waals surface area contributed by atoms with Gasteiger partial charge < -0.3 is 19.5 Å². The van der Waals surface area contributed by atoms with Gasteiger partial charge in [0.15, 0.2) is 0 Å². The van der Waals surface area contributed by atoms with E-state index in [-0.39, 0.29) is 21.7 Å². The number of ether oxygens (including phenoxy) is 3. The monoisotopic (exact) mass is 498 g/mol. The van der Waals surface area contributed by atoms with Gasteiger partial charge in [-0.05, 0) is 55.0 Å². The molecule has 0 aliphatic heterocycles. The summed E-state index contributed by atoms with van der Waals surface area (Å²) >= 11 is 0. The van der Waals surface area contributed by atoms with E-state index >= 15 is 0 Å². The molecular formula is C25H26N2O7S. The second-order valence-corrected chi connectivity index (χ2v) is 9.45. The molecule has 0 spiro atoms. The predicted molar refractivity (Wildman–Crippen MR) is 132 cm³/mol. The lowest BCUT2D eigenvalue weighted by atomic mass is 10.1. The molecule has 0 aromatic heterocycles.